The highest BCUT2D eigenvalue weighted by atomic mass is 16.2. The molecule has 0 aliphatic carbocycles. The van der Waals surface area contributed by atoms with Crippen LogP contribution in [0, 0.1) is 6.92 Å². The Labute approximate surface area is 161 Å². The molecule has 0 unspecified atom stereocenters. The fraction of sp³-hybridized carbons (Fsp3) is 0.292. The Balaban J connectivity index is 2.11. The molecule has 27 heavy (non-hydrogen) atoms. The first kappa shape index (κ1) is 19.0. The third kappa shape index (κ3) is 3.55. The summed E-state index contributed by atoms with van der Waals surface area (Å²) >= 11 is 0. The summed E-state index contributed by atoms with van der Waals surface area (Å²) in [7, 11) is 0. The van der Waals surface area contributed by atoms with Crippen LogP contribution in [-0.2, 0) is 13.0 Å². The highest BCUT2D eigenvalue weighted by molar-refractivity contribution is 6.08. The number of benzene rings is 2. The van der Waals surface area contributed by atoms with Crippen molar-refractivity contribution in [2.75, 3.05) is 5.32 Å². The average molecular weight is 361 g/mol. The van der Waals surface area contributed by atoms with Crippen molar-refractivity contribution in [1.82, 2.24) is 4.57 Å². The van der Waals surface area contributed by atoms with Gasteiger partial charge in [0, 0.05) is 23.1 Å². The van der Waals surface area contributed by atoms with Crippen LogP contribution in [0.2, 0.25) is 0 Å². The van der Waals surface area contributed by atoms with Crippen LogP contribution >= 0.6 is 0 Å². The molecule has 1 amide bonds. The van der Waals surface area contributed by atoms with Gasteiger partial charge in [-0.3, -0.25) is 4.79 Å². The van der Waals surface area contributed by atoms with Crippen molar-refractivity contribution in [1.29, 1.82) is 0 Å². The van der Waals surface area contributed by atoms with Crippen molar-refractivity contribution in [3.63, 3.8) is 0 Å². The molecule has 1 heterocycles. The molecule has 0 aliphatic heterocycles. The number of carbonyl (C=O) groups excluding carboxylic acids is 1. The molecule has 0 spiro atoms. The van der Waals surface area contributed by atoms with E-state index in [0.717, 1.165) is 34.1 Å². The third-order valence-electron chi connectivity index (χ3n) is 5.18. The van der Waals surface area contributed by atoms with Gasteiger partial charge in [-0.25, -0.2) is 0 Å². The summed E-state index contributed by atoms with van der Waals surface area (Å²) in [5.74, 6) is 0.378. The van der Waals surface area contributed by atoms with Gasteiger partial charge in [0.25, 0.3) is 5.91 Å². The van der Waals surface area contributed by atoms with Crippen LogP contribution in [0.4, 0.5) is 5.69 Å². The fourth-order valence-electron chi connectivity index (χ4n) is 3.64. The van der Waals surface area contributed by atoms with Gasteiger partial charge in [0.1, 0.15) is 5.69 Å². The zero-order chi connectivity index (χ0) is 19.6. The molecule has 1 N–H and O–H groups in total. The number of aromatic nitrogens is 1. The summed E-state index contributed by atoms with van der Waals surface area (Å²) in [5.41, 5.74) is 6.09. The molecular formula is C24H28N2O. The minimum absolute atomic E-state index is 0.0717. The maximum atomic E-state index is 13.2. The van der Waals surface area contributed by atoms with Gasteiger partial charge in [0.2, 0.25) is 0 Å². The third-order valence-corrected chi connectivity index (χ3v) is 5.18. The topological polar surface area (TPSA) is 34.0 Å². The van der Waals surface area contributed by atoms with E-state index in [1.165, 1.54) is 5.56 Å². The van der Waals surface area contributed by atoms with Gasteiger partial charge in [-0.15, -0.1) is 6.58 Å². The molecule has 140 valence electrons. The summed E-state index contributed by atoms with van der Waals surface area (Å²) < 4.78 is 2.06. The maximum Gasteiger partial charge on any atom is 0.272 e. The van der Waals surface area contributed by atoms with Crippen molar-refractivity contribution in [3.8, 4) is 0 Å². The van der Waals surface area contributed by atoms with E-state index in [-0.39, 0.29) is 5.91 Å². The zero-order valence-electron chi connectivity index (χ0n) is 16.7. The molecule has 3 aromatic rings. The first-order valence-corrected chi connectivity index (χ1v) is 9.60. The van der Waals surface area contributed by atoms with Crippen molar-refractivity contribution in [2.45, 2.75) is 46.6 Å². The van der Waals surface area contributed by atoms with E-state index in [0.29, 0.717) is 18.2 Å². The Kier molecular flexibility index (Phi) is 5.50. The van der Waals surface area contributed by atoms with E-state index in [1.54, 1.807) is 0 Å². The Bertz CT molecular complexity index is 995. The quantitative estimate of drug-likeness (QED) is 0.532. The highest BCUT2D eigenvalue weighted by Gasteiger charge is 2.21. The molecule has 0 saturated carbocycles. The average Bonchev–Trinajstić information content (AvgIpc) is 2.94. The van der Waals surface area contributed by atoms with Crippen molar-refractivity contribution in [2.24, 2.45) is 0 Å². The summed E-state index contributed by atoms with van der Waals surface area (Å²) in [4.78, 5) is 13.2. The summed E-state index contributed by atoms with van der Waals surface area (Å²) in [6.07, 6.45) is 2.72. The Morgan fingerprint density at radius 1 is 1.22 bits per heavy atom. The number of anilines is 1. The number of amides is 1. The van der Waals surface area contributed by atoms with E-state index < -0.39 is 0 Å². The minimum Gasteiger partial charge on any atom is -0.332 e. The normalized spacial score (nSPS) is 11.1. The number of aryl methyl sites for hydroxylation is 2. The van der Waals surface area contributed by atoms with Gasteiger partial charge in [0.15, 0.2) is 0 Å². The van der Waals surface area contributed by atoms with E-state index in [9.17, 15) is 4.79 Å². The molecule has 0 radical (unpaired) electrons. The molecular weight excluding hydrogens is 332 g/mol. The predicted molar refractivity (Wildman–Crippen MR) is 115 cm³/mol. The van der Waals surface area contributed by atoms with Crippen molar-refractivity contribution in [3.05, 3.63) is 77.5 Å². The number of fused-ring (bicyclic) bond motifs is 1. The molecule has 0 atom stereocenters. The maximum absolute atomic E-state index is 13.2. The van der Waals surface area contributed by atoms with Crippen LogP contribution in [0.25, 0.3) is 10.9 Å². The number of nitrogens with one attached hydrogen (secondary N) is 1. The second-order valence-electron chi connectivity index (χ2n) is 7.27. The predicted octanol–water partition coefficient (Wildman–Crippen LogP) is 6.07. The smallest absolute Gasteiger partial charge is 0.272 e. The first-order chi connectivity index (χ1) is 13.0. The zero-order valence-corrected chi connectivity index (χ0v) is 16.7. The number of nitrogens with zero attached hydrogens (tertiary/aromatic N) is 1. The lowest BCUT2D eigenvalue weighted by Crippen LogP contribution is -2.18. The molecule has 3 nitrogen and oxygen atoms in total. The molecule has 3 heteroatoms. The van der Waals surface area contributed by atoms with E-state index in [2.05, 4.69) is 61.5 Å². The number of allylic oxidation sites excluding steroid dienone is 1. The largest absolute Gasteiger partial charge is 0.332 e. The van der Waals surface area contributed by atoms with Crippen LogP contribution in [-0.4, -0.2) is 10.5 Å². The van der Waals surface area contributed by atoms with Crippen LogP contribution in [0.15, 0.2) is 55.1 Å². The van der Waals surface area contributed by atoms with E-state index in [1.807, 2.05) is 31.2 Å². The number of para-hydroxylation sites is 1. The van der Waals surface area contributed by atoms with E-state index >= 15 is 0 Å². The number of hydrogen-bond donors (Lipinski definition) is 1. The standard InChI is InChI=1S/C24H28N2O/c1-6-14-26-22-13-12-19(16(3)4)15-20(22)17(5)23(26)24(27)25-21-11-9-8-10-18(21)7-2/h6,8-13,15-16H,1,7,14H2,2-5H3,(H,25,27). The van der Waals surface area contributed by atoms with Gasteiger partial charge < -0.3 is 9.88 Å². The van der Waals surface area contributed by atoms with Crippen LogP contribution in [0.3, 0.4) is 0 Å². The second-order valence-corrected chi connectivity index (χ2v) is 7.27. The molecule has 0 bridgehead atoms. The van der Waals surface area contributed by atoms with Gasteiger partial charge in [-0.1, -0.05) is 51.1 Å². The molecule has 0 saturated heterocycles. The van der Waals surface area contributed by atoms with Gasteiger partial charge in [-0.2, -0.15) is 0 Å². The highest BCUT2D eigenvalue weighted by Crippen LogP contribution is 2.30. The summed E-state index contributed by atoms with van der Waals surface area (Å²) in [6.45, 7) is 13.0. The van der Waals surface area contributed by atoms with Gasteiger partial charge >= 0.3 is 0 Å². The van der Waals surface area contributed by atoms with Crippen LogP contribution in [0.1, 0.15) is 53.9 Å². The Hall–Kier alpha value is -2.81. The molecule has 3 rings (SSSR count). The lowest BCUT2D eigenvalue weighted by molar-refractivity contribution is 0.101. The van der Waals surface area contributed by atoms with Crippen molar-refractivity contribution >= 4 is 22.5 Å². The summed E-state index contributed by atoms with van der Waals surface area (Å²) in [6, 6.07) is 14.5. The molecule has 2 aromatic carbocycles. The molecule has 0 fully saturated rings. The Morgan fingerprint density at radius 3 is 2.63 bits per heavy atom. The molecule has 0 aliphatic rings. The van der Waals surface area contributed by atoms with Crippen LogP contribution < -0.4 is 5.32 Å². The fourth-order valence-corrected chi connectivity index (χ4v) is 3.64. The van der Waals surface area contributed by atoms with Crippen molar-refractivity contribution < 1.29 is 4.79 Å². The van der Waals surface area contributed by atoms with E-state index in [4.69, 9.17) is 0 Å². The monoisotopic (exact) mass is 360 g/mol. The first-order valence-electron chi connectivity index (χ1n) is 9.60. The van der Waals surface area contributed by atoms with Gasteiger partial charge in [-0.05, 0) is 54.2 Å². The minimum atomic E-state index is -0.0717. The SMILES string of the molecule is C=CCn1c(C(=O)Nc2ccccc2CC)c(C)c2cc(C(C)C)ccc21. The number of hydrogen-bond acceptors (Lipinski definition) is 1. The second kappa shape index (κ2) is 7.83. The lowest BCUT2D eigenvalue weighted by atomic mass is 10.0. The lowest BCUT2D eigenvalue weighted by Gasteiger charge is -2.12. The van der Waals surface area contributed by atoms with Gasteiger partial charge in [0.05, 0.1) is 0 Å². The summed E-state index contributed by atoms with van der Waals surface area (Å²) in [5, 5.41) is 4.26. The van der Waals surface area contributed by atoms with Crippen LogP contribution in [0.5, 0.6) is 0 Å². The Morgan fingerprint density at radius 2 is 1.96 bits per heavy atom. The number of rotatable bonds is 6. The molecule has 1 aromatic heterocycles. The number of carbonyl (C=O) groups is 1.